The highest BCUT2D eigenvalue weighted by Gasteiger charge is 2.33. The largest absolute Gasteiger partial charge is 0.426 e. The van der Waals surface area contributed by atoms with Crippen LogP contribution < -0.4 is 16.0 Å². The van der Waals surface area contributed by atoms with Crippen LogP contribution in [0.3, 0.4) is 0 Å². The Morgan fingerprint density at radius 2 is 1.55 bits per heavy atom. The monoisotopic (exact) mass is 681 g/mol. The van der Waals surface area contributed by atoms with Crippen LogP contribution in [0.1, 0.15) is 71.7 Å². The highest BCUT2D eigenvalue weighted by Crippen LogP contribution is 2.18. The third-order valence-electron chi connectivity index (χ3n) is 8.34. The van der Waals surface area contributed by atoms with Gasteiger partial charge in [0.2, 0.25) is 17.7 Å². The predicted octanol–water partition coefficient (Wildman–Crippen LogP) is 2.53. The van der Waals surface area contributed by atoms with Gasteiger partial charge in [0.05, 0.1) is 17.8 Å². The maximum absolute atomic E-state index is 13.5. The molecule has 1 aromatic heterocycles. The van der Waals surface area contributed by atoms with E-state index in [9.17, 15) is 24.3 Å². The van der Waals surface area contributed by atoms with Gasteiger partial charge in [0.1, 0.15) is 12.1 Å². The first-order chi connectivity index (χ1) is 22.1. The first kappa shape index (κ1) is 40.3. The molecule has 1 aromatic rings. The maximum Gasteiger partial charge on any atom is 0.409 e. The summed E-state index contributed by atoms with van der Waals surface area (Å²) in [6.07, 6.45) is 1.59. The van der Waals surface area contributed by atoms with E-state index in [1.54, 1.807) is 23.4 Å². The molecule has 0 spiro atoms. The van der Waals surface area contributed by atoms with E-state index in [-0.39, 0.29) is 36.8 Å². The molecular weight excluding hydrogens is 622 g/mol. The summed E-state index contributed by atoms with van der Waals surface area (Å²) >= 11 is 1.55. The lowest BCUT2D eigenvalue weighted by atomic mass is 9.91. The zero-order valence-corrected chi connectivity index (χ0v) is 30.7. The molecule has 1 aliphatic heterocycles. The molecule has 2 rings (SSSR count). The van der Waals surface area contributed by atoms with Crippen molar-refractivity contribution in [2.75, 3.05) is 45.2 Å². The van der Waals surface area contributed by atoms with Gasteiger partial charge in [-0.25, -0.2) is 9.48 Å². The van der Waals surface area contributed by atoms with Gasteiger partial charge in [-0.3, -0.25) is 14.4 Å². The van der Waals surface area contributed by atoms with Crippen LogP contribution in [-0.4, -0.2) is 118 Å². The second-order valence-corrected chi connectivity index (χ2v) is 14.7. The molecular formula is C33H59N7O6S. The van der Waals surface area contributed by atoms with E-state index in [0.29, 0.717) is 38.1 Å². The van der Waals surface area contributed by atoms with Gasteiger partial charge in [0, 0.05) is 37.8 Å². The molecule has 0 unspecified atom stereocenters. The Bertz CT molecular complexity index is 1150. The molecule has 268 valence electrons. The van der Waals surface area contributed by atoms with E-state index >= 15 is 0 Å². The molecule has 1 saturated heterocycles. The molecule has 1 fully saturated rings. The zero-order chi connectivity index (χ0) is 35.3. The molecule has 0 radical (unpaired) electrons. The fourth-order valence-corrected chi connectivity index (χ4v) is 6.08. The molecule has 0 bridgehead atoms. The normalized spacial score (nSPS) is 17.1. The summed E-state index contributed by atoms with van der Waals surface area (Å²) in [5, 5.41) is 24.2. The molecule has 5 atom stereocenters. The number of nitrogens with zero attached hydrogens (tertiary/aromatic N) is 4. The summed E-state index contributed by atoms with van der Waals surface area (Å²) in [4.78, 5) is 56.9. The highest BCUT2D eigenvalue weighted by atomic mass is 32.2. The van der Waals surface area contributed by atoms with Crippen molar-refractivity contribution >= 4 is 35.6 Å². The number of aryl methyl sites for hydroxylation is 2. The standard InChI is InChI=1S/C33H59N7O6S/c1-21(2)16-27(34-31(43)26(10-15-47-9)36-33(45)46-20-40-25(7)19-24(6)37-40)29(41)18-23(5)30(42)35-28(17-22(3)4)32(44)39-13-11-38(8)12-14-39/h19,21-23,26-29,41H,10-18,20H2,1-9H3,(H,34,43)(H,35,42)(H,36,45)/t23-,26+,27+,28+,29+/m1/s1. The summed E-state index contributed by atoms with van der Waals surface area (Å²) in [6.45, 7) is 16.2. The minimum atomic E-state index is -1.03. The van der Waals surface area contributed by atoms with Crippen molar-refractivity contribution in [1.29, 1.82) is 0 Å². The lowest BCUT2D eigenvalue weighted by Gasteiger charge is -2.35. The molecule has 4 N–H and O–H groups in total. The van der Waals surface area contributed by atoms with Gasteiger partial charge in [-0.15, -0.1) is 0 Å². The van der Waals surface area contributed by atoms with E-state index in [1.165, 1.54) is 0 Å². The van der Waals surface area contributed by atoms with Crippen LogP contribution in [0.15, 0.2) is 6.07 Å². The van der Waals surface area contributed by atoms with Crippen LogP contribution in [0.2, 0.25) is 0 Å². The van der Waals surface area contributed by atoms with Crippen LogP contribution in [0.25, 0.3) is 0 Å². The van der Waals surface area contributed by atoms with Crippen LogP contribution in [0, 0.1) is 31.6 Å². The van der Waals surface area contributed by atoms with Crippen molar-refractivity contribution in [2.24, 2.45) is 17.8 Å². The number of alkyl carbamates (subject to hydrolysis) is 1. The lowest BCUT2D eigenvalue weighted by molar-refractivity contribution is -0.139. The topological polar surface area (TPSA) is 158 Å². The van der Waals surface area contributed by atoms with Crippen LogP contribution >= 0.6 is 11.8 Å². The maximum atomic E-state index is 13.5. The number of likely N-dealkylation sites (N-methyl/N-ethyl adjacent to an activating group) is 1. The number of hydrogen-bond donors (Lipinski definition) is 4. The summed E-state index contributed by atoms with van der Waals surface area (Å²) in [5.74, 6) is -0.466. The smallest absolute Gasteiger partial charge is 0.409 e. The van der Waals surface area contributed by atoms with Gasteiger partial charge in [0.25, 0.3) is 0 Å². The fourth-order valence-electron chi connectivity index (χ4n) is 5.60. The number of piperazine rings is 1. The van der Waals surface area contributed by atoms with Crippen molar-refractivity contribution in [3.63, 3.8) is 0 Å². The zero-order valence-electron chi connectivity index (χ0n) is 29.9. The quantitative estimate of drug-likeness (QED) is 0.183. The average molecular weight is 682 g/mol. The van der Waals surface area contributed by atoms with Crippen LogP contribution in [-0.2, 0) is 25.9 Å². The summed E-state index contributed by atoms with van der Waals surface area (Å²) in [5.41, 5.74) is 1.65. The third kappa shape index (κ3) is 14.0. The Morgan fingerprint density at radius 1 is 0.915 bits per heavy atom. The molecule has 0 aliphatic carbocycles. The van der Waals surface area contributed by atoms with Gasteiger partial charge < -0.3 is 35.6 Å². The molecule has 13 nitrogen and oxygen atoms in total. The minimum Gasteiger partial charge on any atom is -0.426 e. The minimum absolute atomic E-state index is 0.0740. The number of amides is 4. The number of ether oxygens (including phenoxy) is 1. The number of nitrogens with one attached hydrogen (secondary N) is 3. The van der Waals surface area contributed by atoms with Crippen molar-refractivity contribution < 1.29 is 29.0 Å². The van der Waals surface area contributed by atoms with E-state index in [2.05, 4.69) is 25.9 Å². The van der Waals surface area contributed by atoms with Gasteiger partial charge in [-0.2, -0.15) is 16.9 Å². The predicted molar refractivity (Wildman–Crippen MR) is 185 cm³/mol. The number of aliphatic hydroxyl groups excluding tert-OH is 1. The Labute approximate surface area is 285 Å². The number of aromatic nitrogens is 2. The van der Waals surface area contributed by atoms with Crippen LogP contribution in [0.4, 0.5) is 4.79 Å². The van der Waals surface area contributed by atoms with Gasteiger partial charge >= 0.3 is 6.09 Å². The summed E-state index contributed by atoms with van der Waals surface area (Å²) < 4.78 is 6.90. The van der Waals surface area contributed by atoms with E-state index in [1.807, 2.05) is 65.8 Å². The molecule has 47 heavy (non-hydrogen) atoms. The molecule has 0 saturated carbocycles. The van der Waals surface area contributed by atoms with E-state index in [0.717, 1.165) is 24.5 Å². The summed E-state index contributed by atoms with van der Waals surface area (Å²) in [6, 6.07) is -0.296. The van der Waals surface area contributed by atoms with E-state index in [4.69, 9.17) is 4.74 Å². The van der Waals surface area contributed by atoms with Gasteiger partial charge in [0.15, 0.2) is 6.73 Å². The second-order valence-electron chi connectivity index (χ2n) is 13.7. The molecule has 14 heteroatoms. The van der Waals surface area contributed by atoms with Crippen molar-refractivity contribution in [3.8, 4) is 0 Å². The number of aliphatic hydroxyl groups is 1. The first-order valence-corrected chi connectivity index (χ1v) is 18.2. The number of rotatable bonds is 18. The number of carbonyl (C=O) groups excluding carboxylic acids is 4. The van der Waals surface area contributed by atoms with Crippen molar-refractivity contribution in [3.05, 3.63) is 17.5 Å². The molecule has 2 heterocycles. The number of hydrogen-bond acceptors (Lipinski definition) is 9. The van der Waals surface area contributed by atoms with Crippen LogP contribution in [0.5, 0.6) is 0 Å². The number of thioether (sulfide) groups is 1. The van der Waals surface area contributed by atoms with Crippen molar-refractivity contribution in [1.82, 2.24) is 35.5 Å². The van der Waals surface area contributed by atoms with Gasteiger partial charge in [-0.1, -0.05) is 34.6 Å². The average Bonchev–Trinajstić information content (AvgIpc) is 3.32. The lowest BCUT2D eigenvalue weighted by Crippen LogP contribution is -2.55. The first-order valence-electron chi connectivity index (χ1n) is 16.8. The Balaban J connectivity index is 2.05. The Morgan fingerprint density at radius 3 is 2.11 bits per heavy atom. The van der Waals surface area contributed by atoms with Crippen molar-refractivity contribution in [2.45, 2.75) is 105 Å². The molecule has 1 aliphatic rings. The fraction of sp³-hybridized carbons (Fsp3) is 0.788. The Kier molecular flexibility index (Phi) is 17.0. The molecule has 4 amide bonds. The highest BCUT2D eigenvalue weighted by molar-refractivity contribution is 7.98. The Hall–Kier alpha value is -2.84. The SMILES string of the molecule is CSCC[C@H](NC(=O)OCn1nc(C)cc1C)C(=O)N[C@@H](CC(C)C)[C@@H](O)C[C@@H](C)C(=O)N[C@@H](CC(C)C)C(=O)N1CCN(C)CC1. The summed E-state index contributed by atoms with van der Waals surface area (Å²) in [7, 11) is 2.03. The van der Waals surface area contributed by atoms with E-state index < -0.39 is 42.1 Å². The second kappa shape index (κ2) is 19.9. The number of carbonyl (C=O) groups is 4. The molecule has 0 aromatic carbocycles. The third-order valence-corrected chi connectivity index (χ3v) is 8.98. The van der Waals surface area contributed by atoms with Gasteiger partial charge in [-0.05, 0) is 76.5 Å².